The fraction of sp³-hybridized carbons (Fsp3) is 1.00. The number of nitrogens with one attached hydrogen (secondary N) is 1. The predicted molar refractivity (Wildman–Crippen MR) is 81.0 cm³/mol. The lowest BCUT2D eigenvalue weighted by Gasteiger charge is -2.47. The topological polar surface area (TPSA) is 15.3 Å². The van der Waals surface area contributed by atoms with Crippen molar-refractivity contribution in [3.05, 3.63) is 0 Å². The molecular formula is C16H34N2. The summed E-state index contributed by atoms with van der Waals surface area (Å²) in [5.41, 5.74) is 0.366. The van der Waals surface area contributed by atoms with Crippen LogP contribution in [0.5, 0.6) is 0 Å². The normalized spacial score (nSPS) is 28.3. The van der Waals surface area contributed by atoms with Crippen LogP contribution in [-0.4, -0.2) is 36.6 Å². The first-order chi connectivity index (χ1) is 8.40. The molecule has 0 aliphatic carbocycles. The van der Waals surface area contributed by atoms with Crippen molar-refractivity contribution >= 4 is 0 Å². The summed E-state index contributed by atoms with van der Waals surface area (Å²) in [5, 5.41) is 3.79. The van der Waals surface area contributed by atoms with E-state index in [4.69, 9.17) is 0 Å². The van der Waals surface area contributed by atoms with Gasteiger partial charge in [-0.2, -0.15) is 0 Å². The van der Waals surface area contributed by atoms with Gasteiger partial charge in [-0.1, -0.05) is 54.4 Å². The lowest BCUT2D eigenvalue weighted by Crippen LogP contribution is -2.61. The van der Waals surface area contributed by atoms with Gasteiger partial charge in [0.05, 0.1) is 0 Å². The van der Waals surface area contributed by atoms with Crippen molar-refractivity contribution in [2.24, 2.45) is 11.3 Å². The van der Waals surface area contributed by atoms with Gasteiger partial charge in [0.25, 0.3) is 0 Å². The molecule has 1 aliphatic heterocycles. The van der Waals surface area contributed by atoms with Crippen molar-refractivity contribution in [3.63, 3.8) is 0 Å². The Morgan fingerprint density at radius 3 is 2.44 bits per heavy atom. The third-order valence-corrected chi connectivity index (χ3v) is 4.60. The third kappa shape index (κ3) is 4.24. The Kier molecular flexibility index (Phi) is 6.13. The van der Waals surface area contributed by atoms with Gasteiger partial charge < -0.3 is 5.32 Å². The molecular weight excluding hydrogens is 220 g/mol. The molecule has 2 heteroatoms. The van der Waals surface area contributed by atoms with Crippen LogP contribution >= 0.6 is 0 Å². The molecule has 0 aromatic heterocycles. The second kappa shape index (κ2) is 6.91. The molecule has 0 amide bonds. The van der Waals surface area contributed by atoms with Gasteiger partial charge in [-0.25, -0.2) is 0 Å². The molecule has 1 rings (SSSR count). The average molecular weight is 254 g/mol. The molecule has 1 fully saturated rings. The zero-order valence-corrected chi connectivity index (χ0v) is 13.4. The minimum Gasteiger partial charge on any atom is -0.311 e. The van der Waals surface area contributed by atoms with E-state index in [1.54, 1.807) is 0 Å². The molecule has 1 saturated heterocycles. The van der Waals surface area contributed by atoms with Crippen LogP contribution in [0.3, 0.4) is 0 Å². The summed E-state index contributed by atoms with van der Waals surface area (Å²) in [4.78, 5) is 2.75. The predicted octanol–water partition coefficient (Wildman–Crippen LogP) is 3.52. The van der Waals surface area contributed by atoms with E-state index in [2.05, 4.69) is 51.8 Å². The molecule has 1 aliphatic rings. The number of hydrogen-bond acceptors (Lipinski definition) is 2. The number of nitrogens with zero attached hydrogens (tertiary/aromatic N) is 1. The molecule has 2 nitrogen and oxygen atoms in total. The Morgan fingerprint density at radius 2 is 1.94 bits per heavy atom. The molecule has 0 saturated carbocycles. The zero-order chi connectivity index (χ0) is 13.8. The van der Waals surface area contributed by atoms with Gasteiger partial charge in [-0.05, 0) is 24.3 Å². The second-order valence-electron chi connectivity index (χ2n) is 7.13. The van der Waals surface area contributed by atoms with Gasteiger partial charge in [-0.3, -0.25) is 4.90 Å². The molecule has 3 unspecified atom stereocenters. The van der Waals surface area contributed by atoms with Crippen molar-refractivity contribution in [3.8, 4) is 0 Å². The highest BCUT2D eigenvalue weighted by Crippen LogP contribution is 2.26. The summed E-state index contributed by atoms with van der Waals surface area (Å²) >= 11 is 0. The van der Waals surface area contributed by atoms with Gasteiger partial charge in [0, 0.05) is 25.2 Å². The van der Waals surface area contributed by atoms with Crippen molar-refractivity contribution < 1.29 is 0 Å². The van der Waals surface area contributed by atoms with Crippen LogP contribution < -0.4 is 5.32 Å². The quantitative estimate of drug-likeness (QED) is 0.807. The maximum Gasteiger partial charge on any atom is 0.0246 e. The average Bonchev–Trinajstić information content (AvgIpc) is 2.34. The Balaban J connectivity index is 2.66. The number of hydrogen-bond donors (Lipinski definition) is 1. The van der Waals surface area contributed by atoms with Crippen molar-refractivity contribution in [1.29, 1.82) is 0 Å². The van der Waals surface area contributed by atoms with E-state index in [-0.39, 0.29) is 0 Å². The number of unbranched alkanes of at least 4 members (excludes halogenated alkanes) is 1. The Labute approximate surface area is 115 Å². The van der Waals surface area contributed by atoms with E-state index in [1.165, 1.54) is 38.9 Å². The van der Waals surface area contributed by atoms with Crippen LogP contribution in [0.25, 0.3) is 0 Å². The van der Waals surface area contributed by atoms with E-state index in [1.807, 2.05) is 0 Å². The van der Waals surface area contributed by atoms with Crippen molar-refractivity contribution in [2.75, 3.05) is 19.6 Å². The fourth-order valence-electron chi connectivity index (χ4n) is 2.86. The standard InChI is InChI=1S/C16H34N2/c1-7-9-10-18-12-15(16(4,5)6)17-11-14(18)13(3)8-2/h13-15,17H,7-12H2,1-6H3. The highest BCUT2D eigenvalue weighted by Gasteiger charge is 2.35. The van der Waals surface area contributed by atoms with Crippen molar-refractivity contribution in [1.82, 2.24) is 10.2 Å². The molecule has 1 heterocycles. The molecule has 0 bridgehead atoms. The first-order valence-corrected chi connectivity index (χ1v) is 7.87. The maximum atomic E-state index is 3.79. The minimum absolute atomic E-state index is 0.366. The molecule has 0 radical (unpaired) electrons. The summed E-state index contributed by atoms with van der Waals surface area (Å²) in [7, 11) is 0. The molecule has 0 spiro atoms. The van der Waals surface area contributed by atoms with Gasteiger partial charge in [0.15, 0.2) is 0 Å². The summed E-state index contributed by atoms with van der Waals surface area (Å²) < 4.78 is 0. The largest absolute Gasteiger partial charge is 0.311 e. The van der Waals surface area contributed by atoms with Crippen molar-refractivity contribution in [2.45, 2.75) is 72.9 Å². The van der Waals surface area contributed by atoms with E-state index in [0.717, 1.165) is 12.0 Å². The Bertz CT molecular complexity index is 232. The van der Waals surface area contributed by atoms with E-state index >= 15 is 0 Å². The van der Waals surface area contributed by atoms with Crippen LogP contribution in [-0.2, 0) is 0 Å². The summed E-state index contributed by atoms with van der Waals surface area (Å²) in [5.74, 6) is 0.801. The van der Waals surface area contributed by atoms with Crippen LogP contribution in [0.4, 0.5) is 0 Å². The zero-order valence-electron chi connectivity index (χ0n) is 13.4. The molecule has 0 aromatic rings. The Morgan fingerprint density at radius 1 is 1.28 bits per heavy atom. The molecule has 108 valence electrons. The number of rotatable bonds is 5. The van der Waals surface area contributed by atoms with Gasteiger partial charge in [0.1, 0.15) is 0 Å². The smallest absolute Gasteiger partial charge is 0.0246 e. The molecule has 3 atom stereocenters. The molecule has 18 heavy (non-hydrogen) atoms. The van der Waals surface area contributed by atoms with Crippen LogP contribution in [0.15, 0.2) is 0 Å². The van der Waals surface area contributed by atoms with Gasteiger partial charge in [0.2, 0.25) is 0 Å². The van der Waals surface area contributed by atoms with E-state index in [9.17, 15) is 0 Å². The highest BCUT2D eigenvalue weighted by atomic mass is 15.2. The maximum absolute atomic E-state index is 3.79. The first kappa shape index (κ1) is 16.0. The number of piperazine rings is 1. The third-order valence-electron chi connectivity index (χ3n) is 4.60. The van der Waals surface area contributed by atoms with E-state index < -0.39 is 0 Å². The van der Waals surface area contributed by atoms with Crippen LogP contribution in [0, 0.1) is 11.3 Å². The SMILES string of the molecule is CCCCN1CC(C(C)(C)C)NCC1C(C)CC. The fourth-order valence-corrected chi connectivity index (χ4v) is 2.86. The summed E-state index contributed by atoms with van der Waals surface area (Å²) in [6.45, 7) is 17.7. The summed E-state index contributed by atoms with van der Waals surface area (Å²) in [6.07, 6.45) is 3.93. The molecule has 0 aromatic carbocycles. The lowest BCUT2D eigenvalue weighted by atomic mass is 9.83. The highest BCUT2D eigenvalue weighted by molar-refractivity contribution is 4.93. The Hall–Kier alpha value is -0.0800. The first-order valence-electron chi connectivity index (χ1n) is 7.87. The second-order valence-corrected chi connectivity index (χ2v) is 7.13. The van der Waals surface area contributed by atoms with E-state index in [0.29, 0.717) is 11.5 Å². The minimum atomic E-state index is 0.366. The van der Waals surface area contributed by atoms with Gasteiger partial charge in [-0.15, -0.1) is 0 Å². The van der Waals surface area contributed by atoms with Crippen LogP contribution in [0.2, 0.25) is 0 Å². The van der Waals surface area contributed by atoms with Gasteiger partial charge >= 0.3 is 0 Å². The van der Waals surface area contributed by atoms with Crippen LogP contribution in [0.1, 0.15) is 60.8 Å². The summed E-state index contributed by atoms with van der Waals surface area (Å²) in [6, 6.07) is 1.37. The monoisotopic (exact) mass is 254 g/mol. The lowest BCUT2D eigenvalue weighted by molar-refractivity contribution is 0.0573. The molecule has 1 N–H and O–H groups in total.